The van der Waals surface area contributed by atoms with Crippen molar-refractivity contribution in [2.45, 2.75) is 0 Å². The molecule has 18 heavy (non-hydrogen) atoms. The Morgan fingerprint density at radius 1 is 1.17 bits per heavy atom. The molecule has 7 heteroatoms. The van der Waals surface area contributed by atoms with E-state index in [9.17, 15) is 0 Å². The Labute approximate surface area is 108 Å². The summed E-state index contributed by atoms with van der Waals surface area (Å²) in [6.45, 7) is 0. The first-order chi connectivity index (χ1) is 8.72. The third-order valence-corrected chi connectivity index (χ3v) is 2.13. The van der Waals surface area contributed by atoms with Crippen LogP contribution < -0.4 is 9.47 Å². The van der Waals surface area contributed by atoms with E-state index in [1.54, 1.807) is 24.3 Å². The highest BCUT2D eigenvalue weighted by molar-refractivity contribution is 6.28. The molecule has 0 aliphatic rings. The first-order valence-corrected chi connectivity index (χ1v) is 5.23. The van der Waals surface area contributed by atoms with Gasteiger partial charge in [-0.3, -0.25) is 0 Å². The van der Waals surface area contributed by atoms with Crippen LogP contribution in [0.1, 0.15) is 5.56 Å². The van der Waals surface area contributed by atoms with Gasteiger partial charge in [-0.2, -0.15) is 15.2 Å². The Morgan fingerprint density at radius 3 is 2.61 bits per heavy atom. The number of nitrogens with zero attached hydrogens (tertiary/aromatic N) is 4. The average molecular weight is 263 g/mol. The summed E-state index contributed by atoms with van der Waals surface area (Å²) in [6.07, 6.45) is 0. The smallest absolute Gasteiger partial charge is 0.329 e. The molecule has 0 atom stereocenters. The zero-order valence-electron chi connectivity index (χ0n) is 9.29. The topological polar surface area (TPSA) is 80.9 Å². The van der Waals surface area contributed by atoms with Gasteiger partial charge in [0.2, 0.25) is 5.28 Å². The maximum Gasteiger partial charge on any atom is 0.329 e. The molecule has 2 rings (SSSR count). The highest BCUT2D eigenvalue weighted by Gasteiger charge is 2.09. The second-order valence-electron chi connectivity index (χ2n) is 3.08. The summed E-state index contributed by atoms with van der Waals surface area (Å²) in [5, 5.41) is 8.87. The molecule has 1 aromatic carbocycles. The van der Waals surface area contributed by atoms with Gasteiger partial charge in [0.15, 0.2) is 0 Å². The van der Waals surface area contributed by atoms with Crippen LogP contribution >= 0.6 is 11.6 Å². The number of ether oxygens (including phenoxy) is 2. The molecule has 0 aliphatic carbocycles. The molecule has 1 aromatic heterocycles. The fourth-order valence-electron chi connectivity index (χ4n) is 1.20. The Morgan fingerprint density at radius 2 is 1.89 bits per heavy atom. The minimum Gasteiger partial charge on any atom is -0.467 e. The first kappa shape index (κ1) is 12.1. The van der Waals surface area contributed by atoms with E-state index in [0.717, 1.165) is 0 Å². The number of nitriles is 1. The number of hydrogen-bond donors (Lipinski definition) is 0. The number of hydrogen-bond acceptors (Lipinski definition) is 6. The fraction of sp³-hybridized carbons (Fsp3) is 0.0909. The van der Waals surface area contributed by atoms with E-state index < -0.39 is 0 Å². The quantitative estimate of drug-likeness (QED) is 0.843. The normalized spacial score (nSPS) is 9.61. The zero-order valence-corrected chi connectivity index (χ0v) is 10.0. The van der Waals surface area contributed by atoms with E-state index in [2.05, 4.69) is 15.0 Å². The van der Waals surface area contributed by atoms with E-state index >= 15 is 0 Å². The number of rotatable bonds is 3. The van der Waals surface area contributed by atoms with Crippen LogP contribution in [0.2, 0.25) is 5.28 Å². The van der Waals surface area contributed by atoms with Crippen molar-refractivity contribution in [1.82, 2.24) is 15.0 Å². The molecule has 6 nitrogen and oxygen atoms in total. The lowest BCUT2D eigenvalue weighted by Crippen LogP contribution is -1.99. The van der Waals surface area contributed by atoms with Crippen molar-refractivity contribution >= 4 is 11.6 Å². The van der Waals surface area contributed by atoms with Gasteiger partial charge in [0.05, 0.1) is 12.7 Å². The van der Waals surface area contributed by atoms with Crippen molar-refractivity contribution < 1.29 is 9.47 Å². The molecule has 0 amide bonds. The van der Waals surface area contributed by atoms with Gasteiger partial charge in [0.25, 0.3) is 0 Å². The lowest BCUT2D eigenvalue weighted by Gasteiger charge is -2.06. The van der Waals surface area contributed by atoms with Crippen molar-refractivity contribution in [3.8, 4) is 23.8 Å². The molecule has 90 valence electrons. The van der Waals surface area contributed by atoms with Gasteiger partial charge in [-0.05, 0) is 23.7 Å². The minimum atomic E-state index is -0.0497. The van der Waals surface area contributed by atoms with Gasteiger partial charge < -0.3 is 9.47 Å². The monoisotopic (exact) mass is 262 g/mol. The lowest BCUT2D eigenvalue weighted by molar-refractivity contribution is 0.359. The van der Waals surface area contributed by atoms with Crippen LogP contribution in [0.25, 0.3) is 0 Å². The second kappa shape index (κ2) is 5.29. The van der Waals surface area contributed by atoms with Gasteiger partial charge in [0, 0.05) is 0 Å². The summed E-state index contributed by atoms with van der Waals surface area (Å²) >= 11 is 5.68. The van der Waals surface area contributed by atoms with Gasteiger partial charge in [-0.25, -0.2) is 0 Å². The molecule has 0 fully saturated rings. The summed E-state index contributed by atoms with van der Waals surface area (Å²) < 4.78 is 10.2. The third kappa shape index (κ3) is 2.64. The van der Waals surface area contributed by atoms with E-state index in [1.807, 2.05) is 6.07 Å². The minimum absolute atomic E-state index is 0.0328. The van der Waals surface area contributed by atoms with Crippen LogP contribution in [0.3, 0.4) is 0 Å². The maximum atomic E-state index is 8.92. The van der Waals surface area contributed by atoms with E-state index in [0.29, 0.717) is 11.3 Å². The fourth-order valence-corrected chi connectivity index (χ4v) is 1.34. The molecule has 0 aliphatic heterocycles. The lowest BCUT2D eigenvalue weighted by atomic mass is 10.2. The van der Waals surface area contributed by atoms with Crippen LogP contribution in [0, 0.1) is 11.3 Å². The molecule has 0 saturated heterocycles. The highest BCUT2D eigenvalue weighted by Crippen LogP contribution is 2.23. The van der Waals surface area contributed by atoms with Gasteiger partial charge >= 0.3 is 12.0 Å². The number of para-hydroxylation sites is 1. The van der Waals surface area contributed by atoms with Crippen LogP contribution in [0.15, 0.2) is 24.3 Å². The van der Waals surface area contributed by atoms with Crippen LogP contribution in [0.5, 0.6) is 17.8 Å². The Balaban J connectivity index is 2.34. The van der Waals surface area contributed by atoms with E-state index in [-0.39, 0.29) is 17.3 Å². The summed E-state index contributed by atoms with van der Waals surface area (Å²) in [5.41, 5.74) is 0.369. The van der Waals surface area contributed by atoms with Crippen molar-refractivity contribution in [3.63, 3.8) is 0 Å². The predicted molar refractivity (Wildman–Crippen MR) is 62.6 cm³/mol. The Hall–Kier alpha value is -2.39. The maximum absolute atomic E-state index is 8.92. The molecular weight excluding hydrogens is 256 g/mol. The molecule has 0 radical (unpaired) electrons. The number of aromatic nitrogens is 3. The summed E-state index contributed by atoms with van der Waals surface area (Å²) in [7, 11) is 1.40. The van der Waals surface area contributed by atoms with Crippen LogP contribution in [-0.2, 0) is 0 Å². The van der Waals surface area contributed by atoms with E-state index in [1.165, 1.54) is 7.11 Å². The molecule has 0 spiro atoms. The van der Waals surface area contributed by atoms with Crippen molar-refractivity contribution in [1.29, 1.82) is 5.26 Å². The second-order valence-corrected chi connectivity index (χ2v) is 3.42. The Kier molecular flexibility index (Phi) is 3.55. The summed E-state index contributed by atoms with van der Waals surface area (Å²) in [6, 6.07) is 8.72. The number of halogens is 1. The molecular formula is C11H7ClN4O2. The molecule has 2 aromatic rings. The predicted octanol–water partition coefficient (Wildman–Crippen LogP) is 2.20. The van der Waals surface area contributed by atoms with Gasteiger partial charge in [0.1, 0.15) is 11.8 Å². The molecule has 1 heterocycles. The SMILES string of the molecule is COc1nc(Cl)nc(Oc2ccccc2C#N)n1. The van der Waals surface area contributed by atoms with Crippen molar-refractivity contribution in [2.24, 2.45) is 0 Å². The summed E-state index contributed by atoms with van der Waals surface area (Å²) in [5.74, 6) is 0.337. The standard InChI is InChI=1S/C11H7ClN4O2/c1-17-10-14-9(12)15-11(16-10)18-8-5-3-2-4-7(8)6-13/h2-5H,1H3. The molecule has 0 unspecified atom stereocenters. The molecule has 0 N–H and O–H groups in total. The number of benzene rings is 1. The third-order valence-electron chi connectivity index (χ3n) is 1.96. The zero-order chi connectivity index (χ0) is 13.0. The molecule has 0 saturated carbocycles. The van der Waals surface area contributed by atoms with Gasteiger partial charge in [-0.15, -0.1) is 4.98 Å². The van der Waals surface area contributed by atoms with Crippen LogP contribution in [-0.4, -0.2) is 22.1 Å². The number of methoxy groups -OCH3 is 1. The largest absolute Gasteiger partial charge is 0.467 e. The van der Waals surface area contributed by atoms with E-state index in [4.69, 9.17) is 26.3 Å². The van der Waals surface area contributed by atoms with Crippen molar-refractivity contribution in [3.05, 3.63) is 35.1 Å². The first-order valence-electron chi connectivity index (χ1n) is 4.85. The Bertz CT molecular complexity index is 612. The van der Waals surface area contributed by atoms with Gasteiger partial charge in [-0.1, -0.05) is 12.1 Å². The molecule has 0 bridgehead atoms. The summed E-state index contributed by atoms with van der Waals surface area (Å²) in [4.78, 5) is 11.4. The van der Waals surface area contributed by atoms with Crippen molar-refractivity contribution in [2.75, 3.05) is 7.11 Å². The average Bonchev–Trinajstić information content (AvgIpc) is 2.38. The highest BCUT2D eigenvalue weighted by atomic mass is 35.5. The van der Waals surface area contributed by atoms with Crippen LogP contribution in [0.4, 0.5) is 0 Å².